The lowest BCUT2D eigenvalue weighted by Gasteiger charge is -2.15. The predicted octanol–water partition coefficient (Wildman–Crippen LogP) is 1.63. The first-order valence-electron chi connectivity index (χ1n) is 4.36. The zero-order valence-corrected chi connectivity index (χ0v) is 7.29. The van der Waals surface area contributed by atoms with Crippen LogP contribution in [0.2, 0.25) is 0 Å². The molecule has 0 bridgehead atoms. The number of benzene rings is 1. The Bertz CT molecular complexity index is 340. The van der Waals surface area contributed by atoms with Crippen LogP contribution >= 0.6 is 0 Å². The Hall–Kier alpha value is -1.57. The van der Waals surface area contributed by atoms with Crippen molar-refractivity contribution in [2.45, 2.75) is 13.0 Å². The van der Waals surface area contributed by atoms with Gasteiger partial charge in [-0.05, 0) is 5.56 Å². The molecule has 1 N–H and O–H groups in total. The Morgan fingerprint density at radius 3 is 2.54 bits per heavy atom. The van der Waals surface area contributed by atoms with Gasteiger partial charge in [-0.2, -0.15) is 0 Å². The monoisotopic (exact) mass is 173 g/mol. The van der Waals surface area contributed by atoms with Gasteiger partial charge in [-0.25, -0.2) is 0 Å². The van der Waals surface area contributed by atoms with Crippen molar-refractivity contribution >= 4 is 5.78 Å². The average Bonchev–Trinajstić information content (AvgIpc) is 2.12. The molecule has 2 heteroatoms. The SMILES string of the molecule is O=C1C=C(NCc2ccccc2)C1. The molecule has 0 fully saturated rings. The highest BCUT2D eigenvalue weighted by Gasteiger charge is 2.13. The molecule has 0 radical (unpaired) electrons. The fourth-order valence-corrected chi connectivity index (χ4v) is 1.28. The molecule has 0 aromatic heterocycles. The number of carbonyl (C=O) groups excluding carboxylic acids is 1. The normalized spacial score (nSPS) is 14.8. The standard InChI is InChI=1S/C11H11NO/c13-11-6-10(7-11)12-8-9-4-2-1-3-5-9/h1-6,12H,7-8H2. The molecule has 0 spiro atoms. The maximum Gasteiger partial charge on any atom is 0.163 e. The first-order chi connectivity index (χ1) is 6.34. The zero-order chi connectivity index (χ0) is 9.10. The quantitative estimate of drug-likeness (QED) is 0.752. The van der Waals surface area contributed by atoms with E-state index < -0.39 is 0 Å². The van der Waals surface area contributed by atoms with Crippen LogP contribution in [0.3, 0.4) is 0 Å². The molecule has 0 amide bonds. The number of rotatable bonds is 3. The third-order valence-electron chi connectivity index (χ3n) is 2.06. The number of ketones is 1. The van der Waals surface area contributed by atoms with E-state index in [1.54, 1.807) is 6.08 Å². The maximum atomic E-state index is 10.6. The van der Waals surface area contributed by atoms with Gasteiger partial charge in [0.05, 0.1) is 6.42 Å². The van der Waals surface area contributed by atoms with Gasteiger partial charge in [0, 0.05) is 18.3 Å². The molecule has 66 valence electrons. The third kappa shape index (κ3) is 1.96. The first kappa shape index (κ1) is 8.05. The van der Waals surface area contributed by atoms with Gasteiger partial charge < -0.3 is 5.32 Å². The molecular weight excluding hydrogens is 162 g/mol. The smallest absolute Gasteiger partial charge is 0.163 e. The molecule has 0 aliphatic heterocycles. The van der Waals surface area contributed by atoms with Gasteiger partial charge in [0.25, 0.3) is 0 Å². The summed E-state index contributed by atoms with van der Waals surface area (Å²) in [5.41, 5.74) is 2.29. The van der Waals surface area contributed by atoms with Crippen LogP contribution < -0.4 is 5.32 Å². The zero-order valence-electron chi connectivity index (χ0n) is 7.29. The fraction of sp³-hybridized carbons (Fsp3) is 0.182. The largest absolute Gasteiger partial charge is 0.384 e. The van der Waals surface area contributed by atoms with E-state index in [-0.39, 0.29) is 5.78 Å². The summed E-state index contributed by atoms with van der Waals surface area (Å²) in [6.07, 6.45) is 2.23. The van der Waals surface area contributed by atoms with E-state index in [4.69, 9.17) is 0 Å². The van der Waals surface area contributed by atoms with E-state index in [2.05, 4.69) is 17.4 Å². The fourth-order valence-electron chi connectivity index (χ4n) is 1.28. The Labute approximate surface area is 77.3 Å². The lowest BCUT2D eigenvalue weighted by atomic mass is 10.0. The van der Waals surface area contributed by atoms with Gasteiger partial charge in [0.2, 0.25) is 0 Å². The summed E-state index contributed by atoms with van der Waals surface area (Å²) in [5.74, 6) is 0.218. The van der Waals surface area contributed by atoms with Crippen LogP contribution in [0.5, 0.6) is 0 Å². The van der Waals surface area contributed by atoms with Gasteiger partial charge in [-0.1, -0.05) is 30.3 Å². The molecule has 2 rings (SSSR count). The van der Waals surface area contributed by atoms with Crippen molar-refractivity contribution in [2.75, 3.05) is 0 Å². The second-order valence-corrected chi connectivity index (χ2v) is 3.15. The van der Waals surface area contributed by atoms with Gasteiger partial charge in [-0.3, -0.25) is 4.79 Å². The highest BCUT2D eigenvalue weighted by Crippen LogP contribution is 2.11. The van der Waals surface area contributed by atoms with Crippen LogP contribution in [0, 0.1) is 0 Å². The van der Waals surface area contributed by atoms with E-state index >= 15 is 0 Å². The van der Waals surface area contributed by atoms with Crippen molar-refractivity contribution in [3.63, 3.8) is 0 Å². The van der Waals surface area contributed by atoms with E-state index in [1.807, 2.05) is 18.2 Å². The number of nitrogens with one attached hydrogen (secondary N) is 1. The summed E-state index contributed by atoms with van der Waals surface area (Å²) in [4.78, 5) is 10.6. The van der Waals surface area contributed by atoms with E-state index in [0.29, 0.717) is 6.42 Å². The highest BCUT2D eigenvalue weighted by molar-refractivity contribution is 5.98. The molecule has 13 heavy (non-hydrogen) atoms. The van der Waals surface area contributed by atoms with Crippen LogP contribution in [0.25, 0.3) is 0 Å². The molecule has 0 saturated carbocycles. The van der Waals surface area contributed by atoms with E-state index in [1.165, 1.54) is 5.56 Å². The van der Waals surface area contributed by atoms with Crippen molar-refractivity contribution < 1.29 is 4.79 Å². The summed E-state index contributed by atoms with van der Waals surface area (Å²) in [6, 6.07) is 10.1. The van der Waals surface area contributed by atoms with E-state index in [9.17, 15) is 4.79 Å². The number of carbonyl (C=O) groups is 1. The van der Waals surface area contributed by atoms with Crippen molar-refractivity contribution in [1.29, 1.82) is 0 Å². The van der Waals surface area contributed by atoms with Crippen LogP contribution in [-0.2, 0) is 11.3 Å². The minimum atomic E-state index is 0.218. The molecule has 1 aliphatic carbocycles. The van der Waals surface area contributed by atoms with E-state index in [0.717, 1.165) is 12.2 Å². The summed E-state index contributed by atoms with van der Waals surface area (Å²) < 4.78 is 0. The Kier molecular flexibility index (Phi) is 2.13. The average molecular weight is 173 g/mol. The topological polar surface area (TPSA) is 29.1 Å². The third-order valence-corrected chi connectivity index (χ3v) is 2.06. The molecule has 1 aliphatic rings. The number of hydrogen-bond acceptors (Lipinski definition) is 2. The van der Waals surface area contributed by atoms with Gasteiger partial charge in [-0.15, -0.1) is 0 Å². The minimum absolute atomic E-state index is 0.218. The molecule has 0 unspecified atom stereocenters. The summed E-state index contributed by atoms with van der Waals surface area (Å²) in [5, 5.41) is 3.21. The number of hydrogen-bond donors (Lipinski definition) is 1. The molecule has 0 heterocycles. The van der Waals surface area contributed by atoms with Crippen molar-refractivity contribution in [2.24, 2.45) is 0 Å². The summed E-state index contributed by atoms with van der Waals surface area (Å²) in [6.45, 7) is 0.806. The van der Waals surface area contributed by atoms with Crippen molar-refractivity contribution in [3.05, 3.63) is 47.7 Å². The molecule has 2 nitrogen and oxygen atoms in total. The second kappa shape index (κ2) is 3.44. The first-order valence-corrected chi connectivity index (χ1v) is 4.36. The molecule has 1 aromatic carbocycles. The van der Waals surface area contributed by atoms with Crippen LogP contribution in [0.1, 0.15) is 12.0 Å². The highest BCUT2D eigenvalue weighted by atomic mass is 16.1. The summed E-state index contributed by atoms with van der Waals surface area (Å²) >= 11 is 0. The van der Waals surface area contributed by atoms with Crippen LogP contribution in [-0.4, -0.2) is 5.78 Å². The minimum Gasteiger partial charge on any atom is -0.384 e. The Morgan fingerprint density at radius 1 is 1.23 bits per heavy atom. The van der Waals surface area contributed by atoms with Gasteiger partial charge in [0.15, 0.2) is 5.78 Å². The Balaban J connectivity index is 1.87. The predicted molar refractivity (Wildman–Crippen MR) is 51.0 cm³/mol. The van der Waals surface area contributed by atoms with Gasteiger partial charge >= 0.3 is 0 Å². The second-order valence-electron chi connectivity index (χ2n) is 3.15. The van der Waals surface area contributed by atoms with Crippen LogP contribution in [0.15, 0.2) is 42.1 Å². The molecule has 0 atom stereocenters. The lowest BCUT2D eigenvalue weighted by Crippen LogP contribution is -2.22. The van der Waals surface area contributed by atoms with Crippen molar-refractivity contribution in [1.82, 2.24) is 5.32 Å². The van der Waals surface area contributed by atoms with Gasteiger partial charge in [0.1, 0.15) is 0 Å². The lowest BCUT2D eigenvalue weighted by molar-refractivity contribution is -0.115. The van der Waals surface area contributed by atoms with Crippen molar-refractivity contribution in [3.8, 4) is 0 Å². The molecule has 1 aromatic rings. The summed E-state index contributed by atoms with van der Waals surface area (Å²) in [7, 11) is 0. The maximum absolute atomic E-state index is 10.6. The Morgan fingerprint density at radius 2 is 1.92 bits per heavy atom. The number of allylic oxidation sites excluding steroid dienone is 2. The van der Waals surface area contributed by atoms with Crippen LogP contribution in [0.4, 0.5) is 0 Å². The molecular formula is C11H11NO. The molecule has 0 saturated heterocycles.